The number of benzene rings is 1. The number of fused-ring (bicyclic) bond motifs is 1. The van der Waals surface area contributed by atoms with Crippen molar-refractivity contribution in [3.63, 3.8) is 0 Å². The summed E-state index contributed by atoms with van der Waals surface area (Å²) >= 11 is 0. The molecule has 1 aromatic carbocycles. The van der Waals surface area contributed by atoms with Gasteiger partial charge in [0.2, 0.25) is 0 Å². The number of allylic oxidation sites excluding steroid dienone is 4. The fourth-order valence-electron chi connectivity index (χ4n) is 4.07. The van der Waals surface area contributed by atoms with Gasteiger partial charge in [0.15, 0.2) is 0 Å². The highest BCUT2D eigenvalue weighted by Gasteiger charge is 2.30. The first kappa shape index (κ1) is 24.4. The second kappa shape index (κ2) is 12.8. The van der Waals surface area contributed by atoms with E-state index in [0.717, 1.165) is 41.5 Å². The highest BCUT2D eigenvalue weighted by Crippen LogP contribution is 2.43. The molecule has 5 nitrogen and oxygen atoms in total. The van der Waals surface area contributed by atoms with Crippen molar-refractivity contribution in [2.75, 3.05) is 6.61 Å². The summed E-state index contributed by atoms with van der Waals surface area (Å²) in [6, 6.07) is 7.10. The Morgan fingerprint density at radius 2 is 1.90 bits per heavy atom. The highest BCUT2D eigenvalue weighted by molar-refractivity contribution is 5.86. The summed E-state index contributed by atoms with van der Waals surface area (Å²) in [5.41, 5.74) is 4.28. The first-order chi connectivity index (χ1) is 15.0. The summed E-state index contributed by atoms with van der Waals surface area (Å²) in [6.45, 7) is 8.20. The summed E-state index contributed by atoms with van der Waals surface area (Å²) in [5.74, 6) is -1.15. The number of hydrogen-bond acceptors (Lipinski definition) is 3. The van der Waals surface area contributed by atoms with Gasteiger partial charge in [-0.2, -0.15) is 0 Å². The van der Waals surface area contributed by atoms with Gasteiger partial charge in [-0.15, -0.1) is 0 Å². The smallest absolute Gasteiger partial charge is 0.407 e. The van der Waals surface area contributed by atoms with Crippen molar-refractivity contribution >= 4 is 17.6 Å². The van der Waals surface area contributed by atoms with E-state index in [9.17, 15) is 14.7 Å². The fraction of sp³-hybridized carbons (Fsp3) is 0.462. The molecule has 0 saturated heterocycles. The molecule has 168 valence electrons. The number of aliphatic carboxylic acids is 1. The minimum Gasteiger partial charge on any atom is -0.480 e. The van der Waals surface area contributed by atoms with E-state index in [-0.39, 0.29) is 12.5 Å². The van der Waals surface area contributed by atoms with Gasteiger partial charge >= 0.3 is 12.1 Å². The molecule has 31 heavy (non-hydrogen) atoms. The maximum absolute atomic E-state index is 12.4. The Morgan fingerprint density at radius 1 is 1.19 bits per heavy atom. The van der Waals surface area contributed by atoms with Crippen molar-refractivity contribution in [2.45, 2.75) is 70.8 Å². The lowest BCUT2D eigenvalue weighted by Crippen LogP contribution is -2.41. The van der Waals surface area contributed by atoms with Crippen LogP contribution >= 0.6 is 0 Å². The van der Waals surface area contributed by atoms with Crippen molar-refractivity contribution in [1.29, 1.82) is 0 Å². The Hall–Kier alpha value is -2.82. The lowest BCUT2D eigenvalue weighted by Gasteiger charge is -2.18. The Balaban J connectivity index is 1.94. The normalized spacial score (nSPS) is 16.3. The van der Waals surface area contributed by atoms with Crippen molar-refractivity contribution in [2.24, 2.45) is 0 Å². The molecule has 2 N–H and O–H groups in total. The molecule has 1 unspecified atom stereocenters. The zero-order chi connectivity index (χ0) is 22.6. The minimum atomic E-state index is -1.03. The van der Waals surface area contributed by atoms with E-state index in [2.05, 4.69) is 24.9 Å². The second-order valence-electron chi connectivity index (χ2n) is 7.90. The maximum Gasteiger partial charge on any atom is 0.407 e. The van der Waals surface area contributed by atoms with Crippen molar-refractivity contribution in [1.82, 2.24) is 5.32 Å². The summed E-state index contributed by atoms with van der Waals surface area (Å²) in [7, 11) is 0. The van der Waals surface area contributed by atoms with Crippen LogP contribution in [0.2, 0.25) is 0 Å². The van der Waals surface area contributed by atoms with Crippen LogP contribution in [0.4, 0.5) is 4.79 Å². The summed E-state index contributed by atoms with van der Waals surface area (Å²) in [5, 5.41) is 12.0. The fourth-order valence-corrected chi connectivity index (χ4v) is 4.07. The largest absolute Gasteiger partial charge is 0.480 e. The van der Waals surface area contributed by atoms with Crippen LogP contribution in [0.1, 0.15) is 75.8 Å². The third-order valence-corrected chi connectivity index (χ3v) is 5.68. The number of rotatable bonds is 13. The van der Waals surface area contributed by atoms with Crippen LogP contribution < -0.4 is 5.32 Å². The summed E-state index contributed by atoms with van der Waals surface area (Å²) in [4.78, 5) is 23.9. The zero-order valence-electron chi connectivity index (χ0n) is 18.7. The van der Waals surface area contributed by atoms with Crippen LogP contribution in [0.15, 0.2) is 54.6 Å². The van der Waals surface area contributed by atoms with Gasteiger partial charge in [0, 0.05) is 5.92 Å². The molecule has 0 aliphatic heterocycles. The minimum absolute atomic E-state index is 0.118. The number of carbonyl (C=O) groups is 2. The molecule has 0 spiro atoms. The average molecular weight is 426 g/mol. The van der Waals surface area contributed by atoms with Crippen LogP contribution in [0.5, 0.6) is 0 Å². The first-order valence-corrected chi connectivity index (χ1v) is 11.3. The van der Waals surface area contributed by atoms with E-state index >= 15 is 0 Å². The van der Waals surface area contributed by atoms with E-state index in [1.165, 1.54) is 19.3 Å². The number of carboxylic acid groups (broad SMARTS) is 1. The standard InChI is InChI=1S/C26H35NO4/c1-4-7-8-9-10-11-17-24(25(28)29)27-26(30)31-18-23-19(6-3)20(14-5-2)21-15-12-13-16-22(21)23/h5-6,12-16,23-24H,3-4,7-11,17-18H2,1-2H3,(H,27,30)(H,28,29)/b14-5-/t23?,24-/m0/s1. The zero-order valence-corrected chi connectivity index (χ0v) is 18.7. The quantitative estimate of drug-likeness (QED) is 0.367. The van der Waals surface area contributed by atoms with E-state index in [1.807, 2.05) is 37.3 Å². The summed E-state index contributed by atoms with van der Waals surface area (Å²) in [6.07, 6.45) is 11.9. The predicted octanol–water partition coefficient (Wildman–Crippen LogP) is 6.23. The van der Waals surface area contributed by atoms with Crippen LogP contribution in [0.25, 0.3) is 5.57 Å². The van der Waals surface area contributed by atoms with E-state index < -0.39 is 18.1 Å². The molecule has 0 heterocycles. The molecule has 0 bridgehead atoms. The molecule has 1 aliphatic carbocycles. The van der Waals surface area contributed by atoms with Gasteiger partial charge in [-0.1, -0.05) is 94.5 Å². The van der Waals surface area contributed by atoms with Gasteiger partial charge in [-0.05, 0) is 35.6 Å². The van der Waals surface area contributed by atoms with Crippen LogP contribution in [0.3, 0.4) is 0 Å². The lowest BCUT2D eigenvalue weighted by molar-refractivity contribution is -0.139. The van der Waals surface area contributed by atoms with Crippen molar-refractivity contribution < 1.29 is 19.4 Å². The molecule has 5 heteroatoms. The van der Waals surface area contributed by atoms with Gasteiger partial charge in [-0.3, -0.25) is 0 Å². The van der Waals surface area contributed by atoms with Crippen LogP contribution in [-0.4, -0.2) is 29.8 Å². The van der Waals surface area contributed by atoms with Gasteiger partial charge in [0.1, 0.15) is 12.6 Å². The van der Waals surface area contributed by atoms with Gasteiger partial charge in [-0.25, -0.2) is 9.59 Å². The van der Waals surface area contributed by atoms with E-state index in [0.29, 0.717) is 6.42 Å². The SMILES string of the molecule is C=CC1=C(/C=C\C)c2ccccc2C1COC(=O)N[C@@H](CCCCCCCC)C(=O)O. The molecular weight excluding hydrogens is 390 g/mol. The van der Waals surface area contributed by atoms with E-state index in [4.69, 9.17) is 4.74 Å². The predicted molar refractivity (Wildman–Crippen MR) is 125 cm³/mol. The highest BCUT2D eigenvalue weighted by atomic mass is 16.5. The Morgan fingerprint density at radius 3 is 2.58 bits per heavy atom. The van der Waals surface area contributed by atoms with Crippen molar-refractivity contribution in [3.8, 4) is 0 Å². The molecule has 0 saturated carbocycles. The number of carboxylic acids is 1. The third kappa shape index (κ3) is 6.84. The second-order valence-corrected chi connectivity index (χ2v) is 7.90. The number of nitrogens with one attached hydrogen (secondary N) is 1. The summed E-state index contributed by atoms with van der Waals surface area (Å²) < 4.78 is 5.46. The average Bonchev–Trinajstić information content (AvgIpc) is 3.06. The number of ether oxygens (including phenoxy) is 1. The van der Waals surface area contributed by atoms with Crippen LogP contribution in [-0.2, 0) is 9.53 Å². The first-order valence-electron chi connectivity index (χ1n) is 11.3. The molecule has 1 aromatic rings. The van der Waals surface area contributed by atoms with Gasteiger partial charge in [0.05, 0.1) is 0 Å². The molecule has 1 aliphatic rings. The maximum atomic E-state index is 12.4. The molecule has 2 atom stereocenters. The molecule has 0 radical (unpaired) electrons. The molecular formula is C26H35NO4. The molecule has 1 amide bonds. The van der Waals surface area contributed by atoms with E-state index in [1.54, 1.807) is 6.08 Å². The molecule has 2 rings (SSSR count). The lowest BCUT2D eigenvalue weighted by atomic mass is 9.97. The number of amides is 1. The van der Waals surface area contributed by atoms with Crippen LogP contribution in [0, 0.1) is 0 Å². The topological polar surface area (TPSA) is 75.6 Å². The number of unbranched alkanes of at least 4 members (excludes halogenated alkanes) is 5. The van der Waals surface area contributed by atoms with Gasteiger partial charge < -0.3 is 15.2 Å². The monoisotopic (exact) mass is 425 g/mol. The van der Waals surface area contributed by atoms with Gasteiger partial charge in [0.25, 0.3) is 0 Å². The Labute approximate surface area is 185 Å². The Bertz CT molecular complexity index is 824. The number of alkyl carbamates (subject to hydrolysis) is 1. The molecule has 0 fully saturated rings. The third-order valence-electron chi connectivity index (χ3n) is 5.68. The Kier molecular flexibility index (Phi) is 10.1. The molecule has 0 aromatic heterocycles. The number of carbonyl (C=O) groups excluding carboxylic acids is 1. The number of hydrogen-bond donors (Lipinski definition) is 2. The van der Waals surface area contributed by atoms with Crippen molar-refractivity contribution in [3.05, 3.63) is 65.8 Å².